The molecule has 0 N–H and O–H groups in total. The molecule has 0 heterocycles. The first kappa shape index (κ1) is 13.2. The molecule has 0 aromatic carbocycles. The SMILES string of the molecule is C=CC(=O)N(CC)CCC(C)(C)CC. The minimum Gasteiger partial charge on any atom is -0.339 e. The van der Waals surface area contributed by atoms with Crippen LogP contribution in [0, 0.1) is 5.41 Å². The molecule has 0 fully saturated rings. The summed E-state index contributed by atoms with van der Waals surface area (Å²) in [5, 5.41) is 0. The van der Waals surface area contributed by atoms with E-state index in [1.807, 2.05) is 11.8 Å². The molecule has 0 aliphatic heterocycles. The lowest BCUT2D eigenvalue weighted by atomic mass is 9.86. The van der Waals surface area contributed by atoms with Gasteiger partial charge in [0.1, 0.15) is 0 Å². The zero-order valence-electron chi connectivity index (χ0n) is 9.97. The molecule has 0 aromatic rings. The van der Waals surface area contributed by atoms with Gasteiger partial charge in [0.05, 0.1) is 0 Å². The number of hydrogen-bond donors (Lipinski definition) is 0. The normalized spacial score (nSPS) is 11.1. The molecular weight excluding hydrogens is 174 g/mol. The van der Waals surface area contributed by atoms with E-state index < -0.39 is 0 Å². The second-order valence-electron chi connectivity index (χ2n) is 4.39. The molecule has 0 saturated heterocycles. The predicted octanol–water partition coefficient (Wildman–Crippen LogP) is 2.85. The van der Waals surface area contributed by atoms with Gasteiger partial charge in [0.2, 0.25) is 5.91 Å². The third-order valence-corrected chi connectivity index (χ3v) is 2.88. The van der Waals surface area contributed by atoms with Crippen LogP contribution < -0.4 is 0 Å². The molecule has 0 aliphatic rings. The molecule has 2 heteroatoms. The zero-order chi connectivity index (χ0) is 11.2. The van der Waals surface area contributed by atoms with Crippen LogP contribution in [0.2, 0.25) is 0 Å². The second-order valence-corrected chi connectivity index (χ2v) is 4.39. The zero-order valence-corrected chi connectivity index (χ0v) is 9.97. The molecule has 0 spiro atoms. The van der Waals surface area contributed by atoms with Crippen molar-refractivity contribution >= 4 is 5.91 Å². The summed E-state index contributed by atoms with van der Waals surface area (Å²) in [4.78, 5) is 13.2. The fraction of sp³-hybridized carbons (Fsp3) is 0.750. The Morgan fingerprint density at radius 3 is 2.36 bits per heavy atom. The summed E-state index contributed by atoms with van der Waals surface area (Å²) in [5.41, 5.74) is 0.328. The van der Waals surface area contributed by atoms with E-state index in [0.29, 0.717) is 5.41 Å². The number of hydrogen-bond acceptors (Lipinski definition) is 1. The fourth-order valence-electron chi connectivity index (χ4n) is 1.17. The highest BCUT2D eigenvalue weighted by Gasteiger charge is 2.17. The Kier molecular flexibility index (Phi) is 5.51. The lowest BCUT2D eigenvalue weighted by molar-refractivity contribution is -0.126. The van der Waals surface area contributed by atoms with Crippen molar-refractivity contribution in [3.05, 3.63) is 12.7 Å². The Balaban J connectivity index is 4.08. The van der Waals surface area contributed by atoms with Crippen molar-refractivity contribution in [3.8, 4) is 0 Å². The molecule has 0 radical (unpaired) electrons. The van der Waals surface area contributed by atoms with Crippen LogP contribution in [0.5, 0.6) is 0 Å². The topological polar surface area (TPSA) is 20.3 Å². The van der Waals surface area contributed by atoms with Crippen molar-refractivity contribution in [2.24, 2.45) is 5.41 Å². The lowest BCUT2D eigenvalue weighted by Crippen LogP contribution is -2.32. The molecule has 2 nitrogen and oxygen atoms in total. The van der Waals surface area contributed by atoms with E-state index in [1.54, 1.807) is 0 Å². The number of likely N-dealkylation sites (N-methyl/N-ethyl adjacent to an activating group) is 1. The summed E-state index contributed by atoms with van der Waals surface area (Å²) >= 11 is 0. The van der Waals surface area contributed by atoms with Gasteiger partial charge in [-0.25, -0.2) is 0 Å². The van der Waals surface area contributed by atoms with Crippen LogP contribution >= 0.6 is 0 Å². The first-order valence-corrected chi connectivity index (χ1v) is 5.38. The molecule has 0 aromatic heterocycles. The highest BCUT2D eigenvalue weighted by Crippen LogP contribution is 2.24. The molecule has 0 rings (SSSR count). The van der Waals surface area contributed by atoms with Crippen molar-refractivity contribution in [2.45, 2.75) is 40.5 Å². The number of nitrogens with zero attached hydrogens (tertiary/aromatic N) is 1. The highest BCUT2D eigenvalue weighted by molar-refractivity contribution is 5.86. The molecule has 14 heavy (non-hydrogen) atoms. The van der Waals surface area contributed by atoms with Crippen LogP contribution in [0.4, 0.5) is 0 Å². The monoisotopic (exact) mass is 197 g/mol. The summed E-state index contributed by atoms with van der Waals surface area (Å²) in [7, 11) is 0. The number of amides is 1. The maximum atomic E-state index is 11.4. The Morgan fingerprint density at radius 1 is 1.43 bits per heavy atom. The van der Waals surface area contributed by atoms with Crippen LogP contribution in [-0.2, 0) is 4.79 Å². The van der Waals surface area contributed by atoms with Gasteiger partial charge in [0.25, 0.3) is 0 Å². The van der Waals surface area contributed by atoms with Gasteiger partial charge < -0.3 is 4.90 Å². The average Bonchev–Trinajstić information content (AvgIpc) is 2.18. The van der Waals surface area contributed by atoms with E-state index in [2.05, 4.69) is 27.4 Å². The van der Waals surface area contributed by atoms with Crippen LogP contribution in [0.3, 0.4) is 0 Å². The number of carbonyl (C=O) groups is 1. The fourth-order valence-corrected chi connectivity index (χ4v) is 1.17. The van der Waals surface area contributed by atoms with Gasteiger partial charge in [0, 0.05) is 13.1 Å². The van der Waals surface area contributed by atoms with Crippen molar-refractivity contribution in [3.63, 3.8) is 0 Å². The summed E-state index contributed by atoms with van der Waals surface area (Å²) < 4.78 is 0. The van der Waals surface area contributed by atoms with Crippen LogP contribution in [0.25, 0.3) is 0 Å². The second kappa shape index (κ2) is 5.84. The molecule has 0 bridgehead atoms. The lowest BCUT2D eigenvalue weighted by Gasteiger charge is -2.27. The predicted molar refractivity (Wildman–Crippen MR) is 61.1 cm³/mol. The Labute approximate surface area is 88.0 Å². The van der Waals surface area contributed by atoms with Crippen LogP contribution in [0.1, 0.15) is 40.5 Å². The van der Waals surface area contributed by atoms with E-state index in [9.17, 15) is 4.79 Å². The first-order chi connectivity index (χ1) is 6.46. The van der Waals surface area contributed by atoms with Gasteiger partial charge in [-0.3, -0.25) is 4.79 Å². The first-order valence-electron chi connectivity index (χ1n) is 5.38. The summed E-state index contributed by atoms with van der Waals surface area (Å²) in [6.07, 6.45) is 3.59. The molecule has 1 amide bonds. The van der Waals surface area contributed by atoms with E-state index in [0.717, 1.165) is 25.9 Å². The van der Waals surface area contributed by atoms with Crippen LogP contribution in [-0.4, -0.2) is 23.9 Å². The minimum absolute atomic E-state index is 0.0411. The number of rotatable bonds is 6. The Hall–Kier alpha value is -0.790. The molecule has 0 aliphatic carbocycles. The van der Waals surface area contributed by atoms with Gasteiger partial charge in [-0.2, -0.15) is 0 Å². The Morgan fingerprint density at radius 2 is 2.00 bits per heavy atom. The summed E-state index contributed by atoms with van der Waals surface area (Å²) in [6.45, 7) is 13.8. The average molecular weight is 197 g/mol. The van der Waals surface area contributed by atoms with E-state index in [4.69, 9.17) is 0 Å². The molecule has 0 unspecified atom stereocenters. The Bertz CT molecular complexity index is 196. The third-order valence-electron chi connectivity index (χ3n) is 2.88. The summed E-state index contributed by atoms with van der Waals surface area (Å²) in [5.74, 6) is 0.0411. The van der Waals surface area contributed by atoms with Gasteiger partial charge in [0.15, 0.2) is 0 Å². The van der Waals surface area contributed by atoms with E-state index in [1.165, 1.54) is 6.08 Å². The molecule has 0 atom stereocenters. The van der Waals surface area contributed by atoms with E-state index in [-0.39, 0.29) is 5.91 Å². The molecule has 82 valence electrons. The van der Waals surface area contributed by atoms with Gasteiger partial charge in [-0.15, -0.1) is 0 Å². The quantitative estimate of drug-likeness (QED) is 0.600. The van der Waals surface area contributed by atoms with Crippen molar-refractivity contribution in [1.29, 1.82) is 0 Å². The largest absolute Gasteiger partial charge is 0.339 e. The van der Waals surface area contributed by atoms with Crippen molar-refractivity contribution in [1.82, 2.24) is 4.90 Å². The van der Waals surface area contributed by atoms with Gasteiger partial charge in [-0.1, -0.05) is 33.8 Å². The molecule has 0 saturated carbocycles. The maximum Gasteiger partial charge on any atom is 0.245 e. The standard InChI is InChI=1S/C12H23NO/c1-6-11(14)13(8-3)10-9-12(4,5)7-2/h6H,1,7-10H2,2-5H3. The molecular formula is C12H23NO. The third kappa shape index (κ3) is 4.45. The minimum atomic E-state index is 0.0411. The van der Waals surface area contributed by atoms with Gasteiger partial charge in [-0.05, 0) is 24.8 Å². The van der Waals surface area contributed by atoms with Gasteiger partial charge >= 0.3 is 0 Å². The van der Waals surface area contributed by atoms with E-state index >= 15 is 0 Å². The maximum absolute atomic E-state index is 11.4. The van der Waals surface area contributed by atoms with Crippen molar-refractivity contribution < 1.29 is 4.79 Å². The highest BCUT2D eigenvalue weighted by atomic mass is 16.2. The number of carbonyl (C=O) groups excluding carboxylic acids is 1. The smallest absolute Gasteiger partial charge is 0.245 e. The van der Waals surface area contributed by atoms with Crippen LogP contribution in [0.15, 0.2) is 12.7 Å². The van der Waals surface area contributed by atoms with Crippen molar-refractivity contribution in [2.75, 3.05) is 13.1 Å². The summed E-state index contributed by atoms with van der Waals surface area (Å²) in [6, 6.07) is 0.